The van der Waals surface area contributed by atoms with E-state index in [1.54, 1.807) is 29.2 Å². The largest absolute Gasteiger partial charge is 0.324 e. The Morgan fingerprint density at radius 1 is 1.29 bits per heavy atom. The molecule has 2 fully saturated rings. The van der Waals surface area contributed by atoms with Gasteiger partial charge >= 0.3 is 6.03 Å². The van der Waals surface area contributed by atoms with Crippen LogP contribution in [0.3, 0.4) is 0 Å². The number of rotatable bonds is 3. The van der Waals surface area contributed by atoms with E-state index in [0.717, 1.165) is 25.7 Å². The van der Waals surface area contributed by atoms with E-state index in [1.165, 1.54) is 0 Å². The SMILES string of the molecule is O=C(Nc1ccccc1Cl)C1CN(C2CCCC2)C(=O)N1. The number of para-hydroxylation sites is 1. The molecule has 1 unspecified atom stereocenters. The highest BCUT2D eigenvalue weighted by Gasteiger charge is 2.38. The molecule has 1 saturated heterocycles. The van der Waals surface area contributed by atoms with Crippen LogP contribution >= 0.6 is 11.6 Å². The maximum absolute atomic E-state index is 12.3. The first-order valence-corrected chi connectivity index (χ1v) is 7.65. The first kappa shape index (κ1) is 14.2. The van der Waals surface area contributed by atoms with Crippen molar-refractivity contribution in [1.29, 1.82) is 0 Å². The second-order valence-corrected chi connectivity index (χ2v) is 5.97. The van der Waals surface area contributed by atoms with Gasteiger partial charge in [0, 0.05) is 6.04 Å². The zero-order chi connectivity index (χ0) is 14.8. The molecule has 2 aliphatic rings. The molecule has 3 rings (SSSR count). The Labute approximate surface area is 128 Å². The molecule has 3 amide bonds. The van der Waals surface area contributed by atoms with Crippen molar-refractivity contribution in [2.24, 2.45) is 0 Å². The maximum atomic E-state index is 12.3. The molecule has 6 heteroatoms. The van der Waals surface area contributed by atoms with Gasteiger partial charge in [-0.05, 0) is 25.0 Å². The Morgan fingerprint density at radius 3 is 2.71 bits per heavy atom. The number of carbonyl (C=O) groups excluding carboxylic acids is 2. The van der Waals surface area contributed by atoms with Crippen LogP contribution in [0.25, 0.3) is 0 Å². The quantitative estimate of drug-likeness (QED) is 0.901. The third kappa shape index (κ3) is 2.97. The van der Waals surface area contributed by atoms with Crippen molar-refractivity contribution in [3.8, 4) is 0 Å². The number of nitrogens with one attached hydrogen (secondary N) is 2. The first-order chi connectivity index (χ1) is 10.1. The minimum Gasteiger partial charge on any atom is -0.324 e. The summed E-state index contributed by atoms with van der Waals surface area (Å²) in [7, 11) is 0. The molecule has 1 aromatic rings. The fourth-order valence-corrected chi connectivity index (χ4v) is 3.20. The van der Waals surface area contributed by atoms with Gasteiger partial charge in [-0.3, -0.25) is 4.79 Å². The molecule has 1 aromatic carbocycles. The van der Waals surface area contributed by atoms with Crippen LogP contribution in [0.5, 0.6) is 0 Å². The molecule has 1 atom stereocenters. The summed E-state index contributed by atoms with van der Waals surface area (Å²) >= 11 is 6.02. The molecule has 0 bridgehead atoms. The molecule has 0 spiro atoms. The zero-order valence-corrected chi connectivity index (χ0v) is 12.4. The van der Waals surface area contributed by atoms with E-state index in [4.69, 9.17) is 11.6 Å². The van der Waals surface area contributed by atoms with Crippen LogP contribution < -0.4 is 10.6 Å². The molecule has 1 aliphatic carbocycles. The molecule has 0 radical (unpaired) electrons. The molecule has 2 N–H and O–H groups in total. The monoisotopic (exact) mass is 307 g/mol. The summed E-state index contributed by atoms with van der Waals surface area (Å²) < 4.78 is 0. The lowest BCUT2D eigenvalue weighted by molar-refractivity contribution is -0.117. The minimum absolute atomic E-state index is 0.138. The average Bonchev–Trinajstić information content (AvgIpc) is 3.10. The van der Waals surface area contributed by atoms with Crippen molar-refractivity contribution in [3.63, 3.8) is 0 Å². The second kappa shape index (κ2) is 5.93. The van der Waals surface area contributed by atoms with Gasteiger partial charge in [0.25, 0.3) is 0 Å². The Balaban J connectivity index is 1.64. The van der Waals surface area contributed by atoms with Crippen molar-refractivity contribution in [2.75, 3.05) is 11.9 Å². The van der Waals surface area contributed by atoms with E-state index >= 15 is 0 Å². The van der Waals surface area contributed by atoms with Gasteiger partial charge in [-0.15, -0.1) is 0 Å². The fraction of sp³-hybridized carbons (Fsp3) is 0.467. The third-order valence-corrected chi connectivity index (χ3v) is 4.48. The van der Waals surface area contributed by atoms with Gasteiger partial charge in [0.05, 0.1) is 17.3 Å². The topological polar surface area (TPSA) is 61.4 Å². The van der Waals surface area contributed by atoms with Gasteiger partial charge in [-0.2, -0.15) is 0 Å². The molecule has 1 heterocycles. The van der Waals surface area contributed by atoms with Crippen molar-refractivity contribution < 1.29 is 9.59 Å². The van der Waals surface area contributed by atoms with Crippen molar-refractivity contribution in [2.45, 2.75) is 37.8 Å². The van der Waals surface area contributed by atoms with Crippen LogP contribution in [0.2, 0.25) is 5.02 Å². The van der Waals surface area contributed by atoms with Crippen molar-refractivity contribution in [1.82, 2.24) is 10.2 Å². The highest BCUT2D eigenvalue weighted by molar-refractivity contribution is 6.33. The molecule has 1 aliphatic heterocycles. The zero-order valence-electron chi connectivity index (χ0n) is 11.6. The lowest BCUT2D eigenvalue weighted by Gasteiger charge is -2.22. The highest BCUT2D eigenvalue weighted by Crippen LogP contribution is 2.26. The van der Waals surface area contributed by atoms with Crippen LogP contribution in [0.4, 0.5) is 10.5 Å². The molecular formula is C15H18ClN3O2. The van der Waals surface area contributed by atoms with E-state index in [0.29, 0.717) is 17.3 Å². The summed E-state index contributed by atoms with van der Waals surface area (Å²) in [4.78, 5) is 26.1. The van der Waals surface area contributed by atoms with E-state index in [-0.39, 0.29) is 18.0 Å². The van der Waals surface area contributed by atoms with E-state index in [1.807, 2.05) is 0 Å². The molecule has 5 nitrogen and oxygen atoms in total. The van der Waals surface area contributed by atoms with E-state index < -0.39 is 6.04 Å². The number of halogens is 1. The lowest BCUT2D eigenvalue weighted by Crippen LogP contribution is -2.38. The smallest absolute Gasteiger partial charge is 0.318 e. The predicted molar refractivity (Wildman–Crippen MR) is 81.4 cm³/mol. The summed E-state index contributed by atoms with van der Waals surface area (Å²) in [5, 5.41) is 6.01. The van der Waals surface area contributed by atoms with Crippen LogP contribution in [-0.4, -0.2) is 35.5 Å². The lowest BCUT2D eigenvalue weighted by atomic mass is 10.2. The Bertz CT molecular complexity index is 558. The summed E-state index contributed by atoms with van der Waals surface area (Å²) in [5.41, 5.74) is 0.567. The van der Waals surface area contributed by atoms with Gasteiger partial charge in [0.1, 0.15) is 6.04 Å². The third-order valence-electron chi connectivity index (χ3n) is 4.15. The van der Waals surface area contributed by atoms with Crippen LogP contribution in [0.1, 0.15) is 25.7 Å². The predicted octanol–water partition coefficient (Wildman–Crippen LogP) is 2.61. The Kier molecular flexibility index (Phi) is 4.01. The fourth-order valence-electron chi connectivity index (χ4n) is 3.02. The number of anilines is 1. The molecule has 21 heavy (non-hydrogen) atoms. The Morgan fingerprint density at radius 2 is 2.00 bits per heavy atom. The molecule has 0 aromatic heterocycles. The standard InChI is InChI=1S/C15H18ClN3O2/c16-11-7-3-4-8-12(11)17-14(20)13-9-19(15(21)18-13)10-5-1-2-6-10/h3-4,7-8,10,13H,1-2,5-6,9H2,(H,17,20)(H,18,21). The summed E-state index contributed by atoms with van der Waals surface area (Å²) in [6.07, 6.45) is 4.38. The summed E-state index contributed by atoms with van der Waals surface area (Å²) in [5.74, 6) is -0.225. The van der Waals surface area contributed by atoms with Gasteiger partial charge in [-0.25, -0.2) is 4.79 Å². The molecule has 112 valence electrons. The van der Waals surface area contributed by atoms with Crippen LogP contribution in [-0.2, 0) is 4.79 Å². The Hall–Kier alpha value is -1.75. The number of carbonyl (C=O) groups is 2. The van der Waals surface area contributed by atoms with Gasteiger partial charge in [-0.1, -0.05) is 36.6 Å². The maximum Gasteiger partial charge on any atom is 0.318 e. The van der Waals surface area contributed by atoms with E-state index in [9.17, 15) is 9.59 Å². The van der Waals surface area contributed by atoms with Gasteiger partial charge < -0.3 is 15.5 Å². The molecule has 1 saturated carbocycles. The highest BCUT2D eigenvalue weighted by atomic mass is 35.5. The van der Waals surface area contributed by atoms with Crippen molar-refractivity contribution >= 4 is 29.2 Å². The number of amides is 3. The number of hydrogen-bond acceptors (Lipinski definition) is 2. The summed E-state index contributed by atoms with van der Waals surface area (Å²) in [6, 6.07) is 6.69. The van der Waals surface area contributed by atoms with Gasteiger partial charge in [0.15, 0.2) is 0 Å². The second-order valence-electron chi connectivity index (χ2n) is 5.56. The van der Waals surface area contributed by atoms with E-state index in [2.05, 4.69) is 10.6 Å². The van der Waals surface area contributed by atoms with Crippen molar-refractivity contribution in [3.05, 3.63) is 29.3 Å². The van der Waals surface area contributed by atoms with Gasteiger partial charge in [0.2, 0.25) is 5.91 Å². The first-order valence-electron chi connectivity index (χ1n) is 7.27. The average molecular weight is 308 g/mol. The number of hydrogen-bond donors (Lipinski definition) is 2. The van der Waals surface area contributed by atoms with Crippen LogP contribution in [0, 0.1) is 0 Å². The summed E-state index contributed by atoms with van der Waals surface area (Å²) in [6.45, 7) is 0.430. The van der Waals surface area contributed by atoms with Crippen LogP contribution in [0.15, 0.2) is 24.3 Å². The number of nitrogens with zero attached hydrogens (tertiary/aromatic N) is 1. The normalized spacial score (nSPS) is 22.4. The molecular weight excluding hydrogens is 290 g/mol. The minimum atomic E-state index is -0.519. The number of urea groups is 1. The number of benzene rings is 1.